The summed E-state index contributed by atoms with van der Waals surface area (Å²) in [5, 5.41) is 2.96. The van der Waals surface area contributed by atoms with Crippen LogP contribution >= 0.6 is 0 Å². The minimum atomic E-state index is -3.61. The number of sulfonamides is 1. The lowest BCUT2D eigenvalue weighted by atomic mass is 10.2. The van der Waals surface area contributed by atoms with Crippen molar-refractivity contribution in [3.63, 3.8) is 0 Å². The zero-order chi connectivity index (χ0) is 21.7. The van der Waals surface area contributed by atoms with Gasteiger partial charge in [-0.3, -0.25) is 4.79 Å². The fourth-order valence-corrected chi connectivity index (χ4v) is 5.65. The van der Waals surface area contributed by atoms with E-state index in [2.05, 4.69) is 10.2 Å². The van der Waals surface area contributed by atoms with Gasteiger partial charge >= 0.3 is 0 Å². The molecule has 166 valence electrons. The standard InChI is InChI=1S/C23H29N3O4S/c27-23(24-21-10-3-4-11-22(21)25-14-16-30-17-15-25)19-8-7-9-20(18-19)31(28,29)26-12-5-1-2-6-13-26/h3-4,7-11,18H,1-2,5-6,12-17H2,(H,24,27). The van der Waals surface area contributed by atoms with Crippen LogP contribution in [0, 0.1) is 0 Å². The van der Waals surface area contributed by atoms with E-state index < -0.39 is 10.0 Å². The van der Waals surface area contributed by atoms with Crippen molar-refractivity contribution >= 4 is 27.3 Å². The quantitative estimate of drug-likeness (QED) is 0.767. The van der Waals surface area contributed by atoms with E-state index in [0.29, 0.717) is 37.6 Å². The summed E-state index contributed by atoms with van der Waals surface area (Å²) >= 11 is 0. The van der Waals surface area contributed by atoms with E-state index in [1.165, 1.54) is 6.07 Å². The van der Waals surface area contributed by atoms with Crippen LogP contribution in [0.3, 0.4) is 0 Å². The molecule has 31 heavy (non-hydrogen) atoms. The Morgan fingerprint density at radius 2 is 1.58 bits per heavy atom. The van der Waals surface area contributed by atoms with Gasteiger partial charge in [-0.15, -0.1) is 0 Å². The molecule has 0 unspecified atom stereocenters. The monoisotopic (exact) mass is 443 g/mol. The zero-order valence-corrected chi connectivity index (χ0v) is 18.4. The smallest absolute Gasteiger partial charge is 0.255 e. The van der Waals surface area contributed by atoms with E-state index in [1.807, 2.05) is 24.3 Å². The second-order valence-corrected chi connectivity index (χ2v) is 9.85. The Hall–Kier alpha value is -2.42. The third-order valence-electron chi connectivity index (χ3n) is 5.80. The molecule has 2 aromatic carbocycles. The highest BCUT2D eigenvalue weighted by molar-refractivity contribution is 7.89. The van der Waals surface area contributed by atoms with E-state index in [0.717, 1.165) is 44.5 Å². The van der Waals surface area contributed by atoms with Crippen LogP contribution in [-0.4, -0.2) is 58.0 Å². The number of anilines is 2. The maximum Gasteiger partial charge on any atom is 0.255 e. The molecular formula is C23H29N3O4S. The van der Waals surface area contributed by atoms with Crippen molar-refractivity contribution in [3.8, 4) is 0 Å². The van der Waals surface area contributed by atoms with Crippen LogP contribution in [0.4, 0.5) is 11.4 Å². The number of hydrogen-bond donors (Lipinski definition) is 1. The molecule has 8 heteroatoms. The number of carbonyl (C=O) groups is 1. The van der Waals surface area contributed by atoms with Crippen LogP contribution in [0.1, 0.15) is 36.0 Å². The van der Waals surface area contributed by atoms with Crippen LogP contribution in [-0.2, 0) is 14.8 Å². The van der Waals surface area contributed by atoms with E-state index in [4.69, 9.17) is 4.74 Å². The number of hydrogen-bond acceptors (Lipinski definition) is 5. The number of rotatable bonds is 5. The molecule has 7 nitrogen and oxygen atoms in total. The third kappa shape index (κ3) is 5.08. The maximum absolute atomic E-state index is 13.1. The Balaban J connectivity index is 1.54. The Morgan fingerprint density at radius 1 is 0.871 bits per heavy atom. The second kappa shape index (κ2) is 9.80. The number of nitrogens with zero attached hydrogens (tertiary/aromatic N) is 2. The van der Waals surface area contributed by atoms with Gasteiger partial charge in [-0.1, -0.05) is 31.0 Å². The molecule has 0 aromatic heterocycles. The lowest BCUT2D eigenvalue weighted by Crippen LogP contribution is -2.36. The normalized spacial score (nSPS) is 18.4. The second-order valence-electron chi connectivity index (χ2n) is 7.92. The van der Waals surface area contributed by atoms with Crippen LogP contribution in [0.25, 0.3) is 0 Å². The first-order valence-electron chi connectivity index (χ1n) is 10.9. The molecular weight excluding hydrogens is 414 g/mol. The summed E-state index contributed by atoms with van der Waals surface area (Å²) in [6, 6.07) is 14.0. The number of ether oxygens (including phenoxy) is 1. The molecule has 2 fully saturated rings. The molecule has 1 amide bonds. The van der Waals surface area contributed by atoms with Gasteiger partial charge in [0.25, 0.3) is 5.91 Å². The van der Waals surface area contributed by atoms with Gasteiger partial charge in [0.2, 0.25) is 10.0 Å². The molecule has 2 aromatic rings. The minimum absolute atomic E-state index is 0.170. The SMILES string of the molecule is O=C(Nc1ccccc1N1CCOCC1)c1cccc(S(=O)(=O)N2CCCCCC2)c1. The van der Waals surface area contributed by atoms with Gasteiger partial charge in [-0.05, 0) is 43.2 Å². The molecule has 4 rings (SSSR count). The number of nitrogens with one attached hydrogen (secondary N) is 1. The highest BCUT2D eigenvalue weighted by Gasteiger charge is 2.26. The first-order valence-corrected chi connectivity index (χ1v) is 12.3. The number of carbonyl (C=O) groups excluding carboxylic acids is 1. The summed E-state index contributed by atoms with van der Waals surface area (Å²) in [6.45, 7) is 3.89. The highest BCUT2D eigenvalue weighted by atomic mass is 32.2. The Labute approximate surface area is 184 Å². The number of amides is 1. The first-order chi connectivity index (χ1) is 15.1. The van der Waals surface area contributed by atoms with Gasteiger partial charge in [0.05, 0.1) is 29.5 Å². The topological polar surface area (TPSA) is 79.0 Å². The van der Waals surface area contributed by atoms with Gasteiger partial charge in [0.15, 0.2) is 0 Å². The van der Waals surface area contributed by atoms with Crippen molar-refractivity contribution in [3.05, 3.63) is 54.1 Å². The van der Waals surface area contributed by atoms with Gasteiger partial charge in [0.1, 0.15) is 0 Å². The van der Waals surface area contributed by atoms with E-state index in [1.54, 1.807) is 22.5 Å². The Bertz CT molecular complexity index is 1010. The summed E-state index contributed by atoms with van der Waals surface area (Å²) in [7, 11) is -3.61. The number of morpholine rings is 1. The van der Waals surface area contributed by atoms with Crippen molar-refractivity contribution in [2.24, 2.45) is 0 Å². The molecule has 2 saturated heterocycles. The summed E-state index contributed by atoms with van der Waals surface area (Å²) in [4.78, 5) is 15.3. The average molecular weight is 444 g/mol. The molecule has 0 saturated carbocycles. The molecule has 0 atom stereocenters. The van der Waals surface area contributed by atoms with Crippen molar-refractivity contribution in [1.29, 1.82) is 0 Å². The fraction of sp³-hybridized carbons (Fsp3) is 0.435. The number of benzene rings is 2. The molecule has 0 aliphatic carbocycles. The summed E-state index contributed by atoms with van der Waals surface area (Å²) < 4.78 is 33.2. The number of para-hydroxylation sites is 2. The zero-order valence-electron chi connectivity index (χ0n) is 17.6. The largest absolute Gasteiger partial charge is 0.378 e. The predicted molar refractivity (Wildman–Crippen MR) is 121 cm³/mol. The third-order valence-corrected chi connectivity index (χ3v) is 7.70. The van der Waals surface area contributed by atoms with E-state index in [9.17, 15) is 13.2 Å². The highest BCUT2D eigenvalue weighted by Crippen LogP contribution is 2.27. The van der Waals surface area contributed by atoms with E-state index >= 15 is 0 Å². The average Bonchev–Trinajstić information content (AvgIpc) is 3.10. The molecule has 1 N–H and O–H groups in total. The Morgan fingerprint density at radius 3 is 2.32 bits per heavy atom. The molecule has 2 aliphatic rings. The van der Waals surface area contributed by atoms with Crippen LogP contribution < -0.4 is 10.2 Å². The molecule has 0 spiro atoms. The van der Waals surface area contributed by atoms with Crippen molar-refractivity contribution < 1.29 is 17.9 Å². The molecule has 2 heterocycles. The lowest BCUT2D eigenvalue weighted by molar-refractivity contribution is 0.102. The first kappa shape index (κ1) is 21.8. The van der Waals surface area contributed by atoms with Crippen molar-refractivity contribution in [2.75, 3.05) is 49.6 Å². The fourth-order valence-electron chi connectivity index (χ4n) is 4.08. The van der Waals surface area contributed by atoms with E-state index in [-0.39, 0.29) is 10.8 Å². The maximum atomic E-state index is 13.1. The summed E-state index contributed by atoms with van der Waals surface area (Å²) in [5.41, 5.74) is 1.97. The minimum Gasteiger partial charge on any atom is -0.378 e. The van der Waals surface area contributed by atoms with Gasteiger partial charge < -0.3 is 15.0 Å². The summed E-state index contributed by atoms with van der Waals surface area (Å²) in [5.74, 6) is -0.325. The van der Waals surface area contributed by atoms with Crippen LogP contribution in [0.15, 0.2) is 53.4 Å². The predicted octanol–water partition coefficient (Wildman–Crippen LogP) is 3.34. The van der Waals surface area contributed by atoms with Crippen LogP contribution in [0.2, 0.25) is 0 Å². The van der Waals surface area contributed by atoms with Gasteiger partial charge in [0, 0.05) is 31.7 Å². The molecule has 0 radical (unpaired) electrons. The van der Waals surface area contributed by atoms with Gasteiger partial charge in [-0.25, -0.2) is 8.42 Å². The lowest BCUT2D eigenvalue weighted by Gasteiger charge is -2.30. The van der Waals surface area contributed by atoms with Crippen LogP contribution in [0.5, 0.6) is 0 Å². The molecule has 0 bridgehead atoms. The van der Waals surface area contributed by atoms with Crippen molar-refractivity contribution in [2.45, 2.75) is 30.6 Å². The summed E-state index contributed by atoms with van der Waals surface area (Å²) in [6.07, 6.45) is 3.85. The van der Waals surface area contributed by atoms with Crippen molar-refractivity contribution in [1.82, 2.24) is 4.31 Å². The molecule has 2 aliphatic heterocycles. The van der Waals surface area contributed by atoms with Gasteiger partial charge in [-0.2, -0.15) is 4.31 Å². The Kier molecular flexibility index (Phi) is 6.89.